The van der Waals surface area contributed by atoms with E-state index in [-0.39, 0.29) is 27.1 Å². The quantitative estimate of drug-likeness (QED) is 0.314. The van der Waals surface area contributed by atoms with E-state index < -0.39 is 48.0 Å². The van der Waals surface area contributed by atoms with Gasteiger partial charge in [0, 0.05) is 8.42 Å². The second kappa shape index (κ2) is 14.2. The minimum Gasteiger partial charge on any atom is -0.445 e. The van der Waals surface area contributed by atoms with Crippen LogP contribution < -0.4 is 16.4 Å². The summed E-state index contributed by atoms with van der Waals surface area (Å²) in [4.78, 5) is 51.5. The van der Waals surface area contributed by atoms with Crippen LogP contribution in [0.4, 0.5) is 9.18 Å². The molecule has 1 heterocycles. The Morgan fingerprint density at radius 1 is 0.950 bits per heavy atom. The van der Waals surface area contributed by atoms with E-state index in [1.165, 1.54) is 24.3 Å². The third-order valence-electron chi connectivity index (χ3n) is 6.04. The van der Waals surface area contributed by atoms with Gasteiger partial charge in [0.05, 0.1) is 12.6 Å². The minimum absolute atomic E-state index is 0. The first kappa shape index (κ1) is 30.3. The number of alkyl carbamates (subject to hydrolysis) is 1. The van der Waals surface area contributed by atoms with Gasteiger partial charge in [0.25, 0.3) is 0 Å². The molecule has 0 spiro atoms. The maximum Gasteiger partial charge on any atom is 0.442 e. The molecule has 0 aliphatic heterocycles. The molecule has 0 saturated carbocycles. The molecule has 10 nitrogen and oxygen atoms in total. The van der Waals surface area contributed by atoms with E-state index in [9.17, 15) is 23.6 Å². The topological polar surface area (TPSA) is 133 Å². The van der Waals surface area contributed by atoms with Crippen LogP contribution in [-0.4, -0.2) is 39.6 Å². The lowest BCUT2D eigenvalue weighted by molar-refractivity contribution is -0.129. The van der Waals surface area contributed by atoms with Gasteiger partial charge in [0.2, 0.25) is 5.91 Å². The van der Waals surface area contributed by atoms with Gasteiger partial charge in [-0.2, -0.15) is 0 Å². The van der Waals surface area contributed by atoms with Crippen LogP contribution in [0.15, 0.2) is 63.9 Å². The number of hydrogen-bond donors (Lipinski definition) is 2. The molecule has 11 heteroatoms. The van der Waals surface area contributed by atoms with Crippen molar-refractivity contribution in [2.75, 3.05) is 0 Å². The summed E-state index contributed by atoms with van der Waals surface area (Å²) >= 11 is 0. The van der Waals surface area contributed by atoms with E-state index in [0.717, 1.165) is 10.1 Å². The van der Waals surface area contributed by atoms with Crippen molar-refractivity contribution in [2.24, 2.45) is 11.8 Å². The van der Waals surface area contributed by atoms with Gasteiger partial charge in [0.1, 0.15) is 18.5 Å². The average molecular weight is 559 g/mol. The molecule has 1 aromatic heterocycles. The largest absolute Gasteiger partial charge is 0.445 e. The first-order chi connectivity index (χ1) is 19.0. The summed E-state index contributed by atoms with van der Waals surface area (Å²) in [5.74, 6) is -2.18. The Labute approximate surface area is 234 Å². The Kier molecular flexibility index (Phi) is 10.7. The number of ketones is 1. The van der Waals surface area contributed by atoms with Crippen molar-refractivity contribution in [3.05, 3.63) is 76.5 Å². The van der Waals surface area contributed by atoms with Gasteiger partial charge in [-0.15, -0.1) is 0 Å². The molecule has 0 aliphatic rings. The fraction of sp³-hybridized carbons (Fsp3) is 0.414. The molecule has 2 amide bonds. The first-order valence-corrected chi connectivity index (χ1v) is 13.2. The van der Waals surface area contributed by atoms with Crippen molar-refractivity contribution in [1.29, 1.82) is 0 Å². The summed E-state index contributed by atoms with van der Waals surface area (Å²) in [6.07, 6.45) is -0.144. The third kappa shape index (κ3) is 8.89. The molecule has 3 aromatic rings. The van der Waals surface area contributed by atoms with Crippen molar-refractivity contribution in [2.45, 2.75) is 65.8 Å². The van der Waals surface area contributed by atoms with Crippen LogP contribution in [0.25, 0.3) is 11.4 Å². The number of aromatic nitrogens is 2. The van der Waals surface area contributed by atoms with Crippen molar-refractivity contribution in [3.63, 3.8) is 0 Å². The van der Waals surface area contributed by atoms with Crippen LogP contribution in [0.2, 0.25) is 0 Å². The van der Waals surface area contributed by atoms with Crippen LogP contribution in [-0.2, 0) is 27.5 Å². The maximum atomic E-state index is 13.4. The lowest BCUT2D eigenvalue weighted by Gasteiger charge is -2.25. The van der Waals surface area contributed by atoms with Crippen LogP contribution in [0.1, 0.15) is 49.0 Å². The molecular formula is C29H39FN4O6. The fourth-order valence-electron chi connectivity index (χ4n) is 4.10. The predicted molar refractivity (Wildman–Crippen MR) is 150 cm³/mol. The SMILES string of the molecule is CC(C)C[C@H](NC(=O)[C@H](CC(C)C)NC(=O)OCc1ccccc1)C(=O)Cn1c(-c2ccc(F)cc2)noc1=O.[HH].[HH]. The van der Waals surface area contributed by atoms with Crippen molar-refractivity contribution >= 4 is 17.8 Å². The summed E-state index contributed by atoms with van der Waals surface area (Å²) < 4.78 is 24.5. The first-order valence-electron chi connectivity index (χ1n) is 13.2. The molecule has 0 saturated heterocycles. The van der Waals surface area contributed by atoms with Crippen LogP contribution in [0.5, 0.6) is 0 Å². The second-order valence-corrected chi connectivity index (χ2v) is 10.4. The predicted octanol–water partition coefficient (Wildman–Crippen LogP) is 4.58. The number of carbonyl (C=O) groups excluding carboxylic acids is 3. The molecule has 40 heavy (non-hydrogen) atoms. The summed E-state index contributed by atoms with van der Waals surface area (Å²) in [5.41, 5.74) is 1.19. The number of benzene rings is 2. The van der Waals surface area contributed by atoms with Gasteiger partial charge in [-0.3, -0.25) is 14.1 Å². The Morgan fingerprint density at radius 2 is 1.57 bits per heavy atom. The van der Waals surface area contributed by atoms with E-state index in [4.69, 9.17) is 9.26 Å². The van der Waals surface area contributed by atoms with Gasteiger partial charge < -0.3 is 15.4 Å². The van der Waals surface area contributed by atoms with Crippen molar-refractivity contribution in [3.8, 4) is 11.4 Å². The lowest BCUT2D eigenvalue weighted by atomic mass is 9.98. The highest BCUT2D eigenvalue weighted by molar-refractivity contribution is 5.92. The van der Waals surface area contributed by atoms with Crippen molar-refractivity contribution < 1.29 is 30.9 Å². The Morgan fingerprint density at radius 3 is 2.20 bits per heavy atom. The number of nitrogens with zero attached hydrogens (tertiary/aromatic N) is 2. The zero-order chi connectivity index (χ0) is 29.2. The Bertz CT molecular complexity index is 1350. The lowest BCUT2D eigenvalue weighted by Crippen LogP contribution is -2.53. The van der Waals surface area contributed by atoms with E-state index in [1.807, 2.05) is 58.0 Å². The van der Waals surface area contributed by atoms with Gasteiger partial charge in [0.15, 0.2) is 11.6 Å². The highest BCUT2D eigenvalue weighted by Crippen LogP contribution is 2.17. The minimum atomic E-state index is -0.952. The number of hydrogen-bond acceptors (Lipinski definition) is 7. The van der Waals surface area contributed by atoms with E-state index in [2.05, 4.69) is 15.8 Å². The second-order valence-electron chi connectivity index (χ2n) is 10.4. The normalized spacial score (nSPS) is 12.7. The number of nitrogens with one attached hydrogen (secondary N) is 2. The van der Waals surface area contributed by atoms with E-state index >= 15 is 0 Å². The molecule has 0 fully saturated rings. The summed E-state index contributed by atoms with van der Waals surface area (Å²) in [6.45, 7) is 7.22. The Balaban J connectivity index is 0.00000441. The van der Waals surface area contributed by atoms with Crippen LogP contribution in [0.3, 0.4) is 0 Å². The molecule has 0 unspecified atom stereocenters. The number of halogens is 1. The smallest absolute Gasteiger partial charge is 0.442 e. The number of amides is 2. The van der Waals surface area contributed by atoms with Gasteiger partial charge in [-0.25, -0.2) is 18.5 Å². The number of carbonyl (C=O) groups is 3. The highest BCUT2D eigenvalue weighted by atomic mass is 19.1. The number of Topliss-reactive ketones (excluding diaryl/α,β-unsaturated/α-hetero) is 1. The Hall–Kier alpha value is -4.28. The fourth-order valence-corrected chi connectivity index (χ4v) is 4.10. The molecule has 2 N–H and O–H groups in total. The van der Waals surface area contributed by atoms with Gasteiger partial charge in [-0.1, -0.05) is 63.2 Å². The number of ether oxygens (including phenoxy) is 1. The average Bonchev–Trinajstić information content (AvgIpc) is 3.26. The maximum absolute atomic E-state index is 13.4. The zero-order valence-corrected chi connectivity index (χ0v) is 23.1. The molecular weight excluding hydrogens is 519 g/mol. The van der Waals surface area contributed by atoms with Crippen molar-refractivity contribution in [1.82, 2.24) is 20.4 Å². The van der Waals surface area contributed by atoms with Gasteiger partial charge >= 0.3 is 11.8 Å². The highest BCUT2D eigenvalue weighted by Gasteiger charge is 2.29. The summed E-state index contributed by atoms with van der Waals surface area (Å²) in [6, 6.07) is 12.5. The molecule has 0 aliphatic carbocycles. The standard InChI is InChI=1S/C29H35FN4O6.2H2/c1-18(2)14-23(25(35)16-34-26(33-40-29(34)38)21-10-12-22(30)13-11-21)31-27(36)24(15-19(3)4)32-28(37)39-17-20-8-6-5-7-9-20;;/h5-13,18-19,23-24H,14-17H2,1-4H3,(H,31,36)(H,32,37);2*1H/t23-,24-;;/m0../s1. The summed E-state index contributed by atoms with van der Waals surface area (Å²) in [7, 11) is 0. The molecule has 0 bridgehead atoms. The number of rotatable bonds is 13. The van der Waals surface area contributed by atoms with Gasteiger partial charge in [-0.05, 0) is 54.5 Å². The molecule has 218 valence electrons. The summed E-state index contributed by atoms with van der Waals surface area (Å²) in [5, 5.41) is 9.10. The molecule has 0 radical (unpaired) electrons. The zero-order valence-electron chi connectivity index (χ0n) is 23.1. The van der Waals surface area contributed by atoms with Crippen LogP contribution in [0, 0.1) is 17.7 Å². The molecule has 2 aromatic carbocycles. The van der Waals surface area contributed by atoms with Crippen LogP contribution >= 0.6 is 0 Å². The molecule has 3 rings (SSSR count). The van der Waals surface area contributed by atoms with E-state index in [0.29, 0.717) is 18.4 Å². The third-order valence-corrected chi connectivity index (χ3v) is 6.04. The monoisotopic (exact) mass is 558 g/mol. The molecule has 2 atom stereocenters. The van der Waals surface area contributed by atoms with E-state index in [1.54, 1.807) is 0 Å².